The van der Waals surface area contributed by atoms with Crippen LogP contribution in [0.25, 0.3) is 0 Å². The summed E-state index contributed by atoms with van der Waals surface area (Å²) in [6, 6.07) is 11.3. The van der Waals surface area contributed by atoms with Crippen LogP contribution in [-0.2, 0) is 19.1 Å². The molecule has 0 radical (unpaired) electrons. The summed E-state index contributed by atoms with van der Waals surface area (Å²) >= 11 is 3.55. The normalized spacial score (nSPS) is 18.9. The van der Waals surface area contributed by atoms with E-state index >= 15 is 0 Å². The summed E-state index contributed by atoms with van der Waals surface area (Å²) in [4.78, 5) is 27.4. The second kappa shape index (κ2) is 12.7. The molecule has 2 aromatic carbocycles. The van der Waals surface area contributed by atoms with Crippen molar-refractivity contribution in [3.05, 3.63) is 74.5 Å². The Hall–Kier alpha value is -3.30. The fourth-order valence-corrected chi connectivity index (χ4v) is 5.69. The number of dihydropyridines is 1. The van der Waals surface area contributed by atoms with E-state index in [1.165, 1.54) is 0 Å². The quantitative estimate of drug-likeness (QED) is 0.286. The van der Waals surface area contributed by atoms with E-state index in [4.69, 9.17) is 23.7 Å². The Labute approximate surface area is 237 Å². The predicted molar refractivity (Wildman–Crippen MR) is 150 cm³/mol. The third-order valence-corrected chi connectivity index (χ3v) is 7.59. The van der Waals surface area contributed by atoms with Crippen molar-refractivity contribution in [1.82, 2.24) is 5.32 Å². The number of benzene rings is 2. The van der Waals surface area contributed by atoms with Gasteiger partial charge < -0.3 is 29.0 Å². The molecule has 208 valence electrons. The second-order valence-corrected chi connectivity index (χ2v) is 10.3. The minimum Gasteiger partial charge on any atom is -0.496 e. The van der Waals surface area contributed by atoms with Crippen LogP contribution in [0.3, 0.4) is 0 Å². The molecule has 0 amide bonds. The lowest BCUT2D eigenvalue weighted by Gasteiger charge is -2.37. The number of carbonyl (C=O) groups excluding carboxylic acids is 2. The molecule has 1 N–H and O–H groups in total. The molecule has 9 heteroatoms. The molecule has 0 bridgehead atoms. The average Bonchev–Trinajstić information content (AvgIpc) is 2.93. The Balaban J connectivity index is 1.77. The Kier molecular flexibility index (Phi) is 9.35. The summed E-state index contributed by atoms with van der Waals surface area (Å²) in [5.74, 6) is 0.583. The van der Waals surface area contributed by atoms with Crippen LogP contribution in [0.15, 0.2) is 63.4 Å². The van der Waals surface area contributed by atoms with Crippen LogP contribution in [0, 0.1) is 0 Å². The molecule has 2 unspecified atom stereocenters. The number of ketones is 1. The van der Waals surface area contributed by atoms with Crippen molar-refractivity contribution in [2.75, 3.05) is 41.2 Å². The Bertz CT molecular complexity index is 1320. The first kappa shape index (κ1) is 28.7. The first-order chi connectivity index (χ1) is 18.8. The van der Waals surface area contributed by atoms with Gasteiger partial charge in [-0.3, -0.25) is 4.79 Å². The Morgan fingerprint density at radius 1 is 0.974 bits per heavy atom. The summed E-state index contributed by atoms with van der Waals surface area (Å²) in [6.07, 6.45) is 0.877. The number of rotatable bonds is 10. The second-order valence-electron chi connectivity index (χ2n) is 9.35. The number of esters is 1. The number of nitrogens with one attached hydrogen (secondary N) is 1. The minimum atomic E-state index is -0.646. The molecule has 0 saturated carbocycles. The number of carbonyl (C=O) groups is 2. The highest BCUT2D eigenvalue weighted by Crippen LogP contribution is 2.48. The van der Waals surface area contributed by atoms with E-state index in [1.807, 2.05) is 50.2 Å². The van der Waals surface area contributed by atoms with Gasteiger partial charge in [0.2, 0.25) is 0 Å². The Morgan fingerprint density at radius 2 is 1.69 bits per heavy atom. The van der Waals surface area contributed by atoms with Crippen LogP contribution >= 0.6 is 15.9 Å². The van der Waals surface area contributed by atoms with Crippen molar-refractivity contribution in [3.8, 4) is 17.2 Å². The molecule has 2 aliphatic rings. The van der Waals surface area contributed by atoms with E-state index in [0.29, 0.717) is 53.7 Å². The molecule has 4 rings (SSSR count). The zero-order valence-corrected chi connectivity index (χ0v) is 24.5. The largest absolute Gasteiger partial charge is 0.496 e. The molecule has 2 atom stereocenters. The lowest BCUT2D eigenvalue weighted by Crippen LogP contribution is -2.36. The Morgan fingerprint density at radius 3 is 2.38 bits per heavy atom. The molecule has 1 heterocycles. The number of hydrogen-bond donors (Lipinski definition) is 1. The van der Waals surface area contributed by atoms with Gasteiger partial charge in [-0.15, -0.1) is 0 Å². The van der Waals surface area contributed by atoms with Gasteiger partial charge in [0, 0.05) is 40.0 Å². The van der Waals surface area contributed by atoms with Crippen LogP contribution in [0.4, 0.5) is 0 Å². The first-order valence-corrected chi connectivity index (χ1v) is 13.7. The SMILES string of the molecule is CCOCCOC(=O)C1=C(C)NC2=C(C(=O)CC(c3ccc(OC)c(OC)c3)C2)C1c1cc(Br)ccc1OC. The number of allylic oxidation sites excluding steroid dienone is 3. The summed E-state index contributed by atoms with van der Waals surface area (Å²) in [5, 5.41) is 3.38. The van der Waals surface area contributed by atoms with Crippen LogP contribution < -0.4 is 19.5 Å². The van der Waals surface area contributed by atoms with Gasteiger partial charge in [-0.25, -0.2) is 4.79 Å². The van der Waals surface area contributed by atoms with Crippen molar-refractivity contribution in [2.45, 2.75) is 38.5 Å². The van der Waals surface area contributed by atoms with E-state index in [2.05, 4.69) is 21.2 Å². The number of halogens is 1. The van der Waals surface area contributed by atoms with E-state index < -0.39 is 11.9 Å². The fraction of sp³-hybridized carbons (Fsp3) is 0.400. The maximum absolute atomic E-state index is 13.9. The van der Waals surface area contributed by atoms with Crippen molar-refractivity contribution < 1.29 is 33.3 Å². The van der Waals surface area contributed by atoms with Crippen LogP contribution in [0.5, 0.6) is 17.2 Å². The number of methoxy groups -OCH3 is 3. The van der Waals surface area contributed by atoms with E-state index in [0.717, 1.165) is 21.3 Å². The average molecular weight is 601 g/mol. The van der Waals surface area contributed by atoms with E-state index in [-0.39, 0.29) is 24.7 Å². The van der Waals surface area contributed by atoms with Gasteiger partial charge in [0.05, 0.1) is 39.4 Å². The number of ether oxygens (including phenoxy) is 5. The molecule has 8 nitrogen and oxygen atoms in total. The van der Waals surface area contributed by atoms with Crippen LogP contribution in [0.1, 0.15) is 49.7 Å². The zero-order chi connectivity index (χ0) is 28.1. The molecule has 39 heavy (non-hydrogen) atoms. The molecule has 2 aromatic rings. The maximum atomic E-state index is 13.9. The third-order valence-electron chi connectivity index (χ3n) is 7.09. The molecule has 0 aromatic heterocycles. The summed E-state index contributed by atoms with van der Waals surface area (Å²) < 4.78 is 28.3. The molecule has 0 saturated heterocycles. The maximum Gasteiger partial charge on any atom is 0.336 e. The summed E-state index contributed by atoms with van der Waals surface area (Å²) in [6.45, 7) is 4.67. The number of hydrogen-bond acceptors (Lipinski definition) is 8. The predicted octanol–water partition coefficient (Wildman–Crippen LogP) is 5.42. The van der Waals surface area contributed by atoms with Crippen molar-refractivity contribution >= 4 is 27.7 Å². The molecule has 1 aliphatic carbocycles. The summed E-state index contributed by atoms with van der Waals surface area (Å²) in [5.41, 5.74) is 4.08. The molecule has 0 fully saturated rings. The lowest BCUT2D eigenvalue weighted by atomic mass is 9.71. The highest BCUT2D eigenvalue weighted by atomic mass is 79.9. The van der Waals surface area contributed by atoms with Crippen molar-refractivity contribution in [1.29, 1.82) is 0 Å². The smallest absolute Gasteiger partial charge is 0.336 e. The monoisotopic (exact) mass is 599 g/mol. The molecular formula is C30H34BrNO7. The minimum absolute atomic E-state index is 0.0392. The van der Waals surface area contributed by atoms with Gasteiger partial charge >= 0.3 is 5.97 Å². The van der Waals surface area contributed by atoms with Gasteiger partial charge in [0.15, 0.2) is 17.3 Å². The standard InChI is InChI=1S/C30H34BrNO7/c1-6-38-11-12-39-30(34)27-17(2)32-22-13-19(18-7-9-25(36-4)26(15-18)37-5)14-23(33)29(22)28(27)21-16-20(31)8-10-24(21)35-3/h7-10,15-16,19,28,32H,6,11-14H2,1-5H3. The van der Waals surface area contributed by atoms with Crippen LogP contribution in [0.2, 0.25) is 0 Å². The van der Waals surface area contributed by atoms with Crippen molar-refractivity contribution in [2.24, 2.45) is 0 Å². The fourth-order valence-electron chi connectivity index (χ4n) is 5.31. The lowest BCUT2D eigenvalue weighted by molar-refractivity contribution is -0.140. The molecule has 0 spiro atoms. The molecule has 1 aliphatic heterocycles. The van der Waals surface area contributed by atoms with Gasteiger partial charge in [-0.1, -0.05) is 22.0 Å². The molecular weight excluding hydrogens is 566 g/mol. The number of Topliss-reactive ketones (excluding diaryl/α,β-unsaturated/α-hetero) is 1. The van der Waals surface area contributed by atoms with Gasteiger partial charge in [0.25, 0.3) is 0 Å². The van der Waals surface area contributed by atoms with E-state index in [1.54, 1.807) is 21.3 Å². The third kappa shape index (κ3) is 5.99. The van der Waals surface area contributed by atoms with E-state index in [9.17, 15) is 9.59 Å². The van der Waals surface area contributed by atoms with Gasteiger partial charge in [0.1, 0.15) is 12.4 Å². The van der Waals surface area contributed by atoms with Gasteiger partial charge in [-0.05, 0) is 62.1 Å². The highest BCUT2D eigenvalue weighted by molar-refractivity contribution is 9.10. The van der Waals surface area contributed by atoms with Crippen molar-refractivity contribution in [3.63, 3.8) is 0 Å². The first-order valence-electron chi connectivity index (χ1n) is 12.9. The summed E-state index contributed by atoms with van der Waals surface area (Å²) in [7, 11) is 4.77. The van der Waals surface area contributed by atoms with Gasteiger partial charge in [-0.2, -0.15) is 0 Å². The topological polar surface area (TPSA) is 92.3 Å². The van der Waals surface area contributed by atoms with Crippen LogP contribution in [-0.4, -0.2) is 52.9 Å². The highest BCUT2D eigenvalue weighted by Gasteiger charge is 2.42. The zero-order valence-electron chi connectivity index (χ0n) is 22.9.